The summed E-state index contributed by atoms with van der Waals surface area (Å²) in [6.45, 7) is 9.28. The highest BCUT2D eigenvalue weighted by Gasteiger charge is 2.22. The average Bonchev–Trinajstić information content (AvgIpc) is 2.28. The maximum absolute atomic E-state index is 9.20. The molecule has 0 aliphatic carbocycles. The summed E-state index contributed by atoms with van der Waals surface area (Å²) in [5, 5.41) is 9.20. The van der Waals surface area contributed by atoms with E-state index in [1.54, 1.807) is 12.1 Å². The van der Waals surface area contributed by atoms with E-state index in [4.69, 9.17) is 0 Å². The van der Waals surface area contributed by atoms with E-state index in [-0.39, 0.29) is 0 Å². The van der Waals surface area contributed by atoms with E-state index in [2.05, 4.69) is 27.7 Å². The Morgan fingerprint density at radius 1 is 1.19 bits per heavy atom. The Balaban J connectivity index is 2.49. The van der Waals surface area contributed by atoms with E-state index >= 15 is 0 Å². The molecule has 1 nitrogen and oxygen atoms in total. The van der Waals surface area contributed by atoms with Crippen molar-refractivity contribution in [3.63, 3.8) is 0 Å². The number of phenolic OH excluding ortho intramolecular Hbond substituents is 1. The molecular formula is C15H24O. The van der Waals surface area contributed by atoms with Gasteiger partial charge in [0.25, 0.3) is 0 Å². The molecule has 1 N–H and O–H groups in total. The Bertz CT molecular complexity index is 311. The molecule has 0 aliphatic heterocycles. The van der Waals surface area contributed by atoms with Crippen molar-refractivity contribution in [2.75, 3.05) is 0 Å². The lowest BCUT2D eigenvalue weighted by molar-refractivity contribution is 0.209. The normalized spacial score (nSPS) is 13.8. The topological polar surface area (TPSA) is 20.2 Å². The Morgan fingerprint density at radius 2 is 1.75 bits per heavy atom. The number of rotatable bonds is 5. The van der Waals surface area contributed by atoms with Crippen molar-refractivity contribution in [2.24, 2.45) is 11.3 Å². The number of aromatic hydroxyl groups is 1. The molecule has 1 aromatic carbocycles. The smallest absolute Gasteiger partial charge is 0.115 e. The van der Waals surface area contributed by atoms with Crippen LogP contribution < -0.4 is 0 Å². The van der Waals surface area contributed by atoms with Crippen LogP contribution in [0.3, 0.4) is 0 Å². The maximum Gasteiger partial charge on any atom is 0.115 e. The highest BCUT2D eigenvalue weighted by molar-refractivity contribution is 5.25. The minimum Gasteiger partial charge on any atom is -0.508 e. The van der Waals surface area contributed by atoms with Gasteiger partial charge in [-0.2, -0.15) is 0 Å². The van der Waals surface area contributed by atoms with Crippen LogP contribution in [0.5, 0.6) is 5.75 Å². The van der Waals surface area contributed by atoms with Crippen LogP contribution in [0.4, 0.5) is 0 Å². The summed E-state index contributed by atoms with van der Waals surface area (Å²) >= 11 is 0. The Kier molecular flexibility index (Phi) is 4.40. The molecule has 1 heteroatoms. The van der Waals surface area contributed by atoms with Crippen molar-refractivity contribution in [1.29, 1.82) is 0 Å². The lowest BCUT2D eigenvalue weighted by atomic mass is 9.75. The van der Waals surface area contributed by atoms with Crippen LogP contribution in [-0.2, 0) is 6.42 Å². The largest absolute Gasteiger partial charge is 0.508 e. The van der Waals surface area contributed by atoms with Gasteiger partial charge in [0, 0.05) is 0 Å². The van der Waals surface area contributed by atoms with Gasteiger partial charge >= 0.3 is 0 Å². The zero-order chi connectivity index (χ0) is 12.2. The molecule has 1 atom stereocenters. The Labute approximate surface area is 99.5 Å². The molecule has 16 heavy (non-hydrogen) atoms. The van der Waals surface area contributed by atoms with E-state index in [0.717, 1.165) is 12.3 Å². The number of benzene rings is 1. The third-order valence-electron chi connectivity index (χ3n) is 4.05. The van der Waals surface area contributed by atoms with E-state index in [9.17, 15) is 5.11 Å². The number of aryl methyl sites for hydroxylation is 1. The highest BCUT2D eigenvalue weighted by atomic mass is 16.3. The molecule has 0 saturated heterocycles. The minimum atomic E-state index is 0.352. The summed E-state index contributed by atoms with van der Waals surface area (Å²) in [5.41, 5.74) is 1.74. The fourth-order valence-electron chi connectivity index (χ4n) is 1.78. The molecule has 1 aromatic rings. The van der Waals surface area contributed by atoms with E-state index in [1.807, 2.05) is 12.1 Å². The standard InChI is InChI=1S/C15H24O/c1-5-15(3,4)12(2)6-7-13-8-10-14(16)11-9-13/h8-12,16H,5-7H2,1-4H3. The molecule has 0 aliphatic rings. The first-order chi connectivity index (χ1) is 7.45. The third kappa shape index (κ3) is 3.55. The molecule has 0 heterocycles. The van der Waals surface area contributed by atoms with Crippen molar-refractivity contribution in [3.05, 3.63) is 29.8 Å². The highest BCUT2D eigenvalue weighted by Crippen LogP contribution is 2.33. The fraction of sp³-hybridized carbons (Fsp3) is 0.600. The Hall–Kier alpha value is -0.980. The number of phenols is 1. The predicted octanol–water partition coefficient (Wildman–Crippen LogP) is 4.40. The monoisotopic (exact) mass is 220 g/mol. The fourth-order valence-corrected chi connectivity index (χ4v) is 1.78. The van der Waals surface area contributed by atoms with Crippen molar-refractivity contribution in [3.8, 4) is 5.75 Å². The maximum atomic E-state index is 9.20. The molecule has 1 rings (SSSR count). The second-order valence-corrected chi connectivity index (χ2v) is 5.45. The van der Waals surface area contributed by atoms with Gasteiger partial charge in [-0.1, -0.05) is 46.2 Å². The quantitative estimate of drug-likeness (QED) is 0.780. The van der Waals surface area contributed by atoms with Crippen molar-refractivity contribution in [2.45, 2.75) is 47.0 Å². The van der Waals surface area contributed by atoms with Crippen LogP contribution in [0.25, 0.3) is 0 Å². The summed E-state index contributed by atoms with van der Waals surface area (Å²) in [6, 6.07) is 7.57. The van der Waals surface area contributed by atoms with Crippen LogP contribution in [0.2, 0.25) is 0 Å². The zero-order valence-electron chi connectivity index (χ0n) is 11.0. The van der Waals surface area contributed by atoms with Crippen LogP contribution in [0.1, 0.15) is 46.1 Å². The molecule has 0 bridgehead atoms. The molecule has 0 spiro atoms. The summed E-state index contributed by atoms with van der Waals surface area (Å²) in [4.78, 5) is 0. The van der Waals surface area contributed by atoms with Gasteiger partial charge in [-0.25, -0.2) is 0 Å². The summed E-state index contributed by atoms with van der Waals surface area (Å²) < 4.78 is 0. The first kappa shape index (κ1) is 13.1. The van der Waals surface area contributed by atoms with Gasteiger partial charge in [0.1, 0.15) is 5.75 Å². The van der Waals surface area contributed by atoms with Crippen LogP contribution in [0.15, 0.2) is 24.3 Å². The van der Waals surface area contributed by atoms with Crippen LogP contribution in [0, 0.1) is 11.3 Å². The van der Waals surface area contributed by atoms with Gasteiger partial charge in [0.2, 0.25) is 0 Å². The van der Waals surface area contributed by atoms with E-state index in [1.165, 1.54) is 18.4 Å². The molecule has 0 amide bonds. The molecule has 90 valence electrons. The lowest BCUT2D eigenvalue weighted by Crippen LogP contribution is -2.21. The minimum absolute atomic E-state index is 0.352. The Morgan fingerprint density at radius 3 is 2.25 bits per heavy atom. The van der Waals surface area contributed by atoms with Gasteiger partial charge in [0.05, 0.1) is 0 Å². The van der Waals surface area contributed by atoms with Gasteiger partial charge in [-0.15, -0.1) is 0 Å². The van der Waals surface area contributed by atoms with E-state index < -0.39 is 0 Å². The SMILES string of the molecule is CCC(C)(C)C(C)CCc1ccc(O)cc1. The molecule has 0 aromatic heterocycles. The van der Waals surface area contributed by atoms with Crippen molar-refractivity contribution in [1.82, 2.24) is 0 Å². The third-order valence-corrected chi connectivity index (χ3v) is 4.05. The first-order valence-corrected chi connectivity index (χ1v) is 6.23. The second kappa shape index (κ2) is 5.38. The van der Waals surface area contributed by atoms with Crippen molar-refractivity contribution < 1.29 is 5.11 Å². The summed E-state index contributed by atoms with van der Waals surface area (Å²) in [5.74, 6) is 1.08. The van der Waals surface area contributed by atoms with Crippen molar-refractivity contribution >= 4 is 0 Å². The predicted molar refractivity (Wildman–Crippen MR) is 69.7 cm³/mol. The van der Waals surface area contributed by atoms with Crippen LogP contribution >= 0.6 is 0 Å². The van der Waals surface area contributed by atoms with Crippen LogP contribution in [-0.4, -0.2) is 5.11 Å². The summed E-state index contributed by atoms with van der Waals surface area (Å²) in [7, 11) is 0. The summed E-state index contributed by atoms with van der Waals surface area (Å²) in [6.07, 6.45) is 3.54. The molecule has 0 fully saturated rings. The van der Waals surface area contributed by atoms with Gasteiger partial charge < -0.3 is 5.11 Å². The number of hydrogen-bond donors (Lipinski definition) is 1. The second-order valence-electron chi connectivity index (χ2n) is 5.45. The number of hydrogen-bond acceptors (Lipinski definition) is 1. The molecule has 0 saturated carbocycles. The molecule has 1 unspecified atom stereocenters. The first-order valence-electron chi connectivity index (χ1n) is 6.23. The van der Waals surface area contributed by atoms with Gasteiger partial charge in [0.15, 0.2) is 0 Å². The lowest BCUT2D eigenvalue weighted by Gasteiger charge is -2.30. The van der Waals surface area contributed by atoms with E-state index in [0.29, 0.717) is 11.2 Å². The van der Waals surface area contributed by atoms with Gasteiger partial charge in [-0.05, 0) is 41.9 Å². The molecular weight excluding hydrogens is 196 g/mol. The molecule has 0 radical (unpaired) electrons. The average molecular weight is 220 g/mol. The zero-order valence-corrected chi connectivity index (χ0v) is 11.0. The van der Waals surface area contributed by atoms with Gasteiger partial charge in [-0.3, -0.25) is 0 Å².